The van der Waals surface area contributed by atoms with Gasteiger partial charge in [-0.15, -0.1) is 0 Å². The number of aliphatic hydroxyl groups excluding tert-OH is 2. The highest BCUT2D eigenvalue weighted by molar-refractivity contribution is 14.1. The van der Waals surface area contributed by atoms with E-state index in [0.717, 1.165) is 3.57 Å². The van der Waals surface area contributed by atoms with Crippen LogP contribution in [0, 0.1) is 21.3 Å². The molecule has 0 saturated heterocycles. The van der Waals surface area contributed by atoms with Crippen LogP contribution in [-0.2, 0) is 21.8 Å². The number of primary amides is 1. The van der Waals surface area contributed by atoms with Crippen LogP contribution in [0.2, 0.25) is 0 Å². The molecule has 6 atom stereocenters. The summed E-state index contributed by atoms with van der Waals surface area (Å²) in [6.07, 6.45) is 0.808. The van der Waals surface area contributed by atoms with Crippen molar-refractivity contribution in [2.45, 2.75) is 36.3 Å². The molecule has 1 aromatic carbocycles. The minimum atomic E-state index is -2.56. The van der Waals surface area contributed by atoms with E-state index in [-0.39, 0.29) is 23.3 Å². The molecule has 184 valence electrons. The van der Waals surface area contributed by atoms with Crippen molar-refractivity contribution in [2.24, 2.45) is 23.5 Å². The molecule has 11 heteroatoms. The van der Waals surface area contributed by atoms with Crippen molar-refractivity contribution in [3.63, 3.8) is 0 Å². The Kier molecular flexibility index (Phi) is 6.56. The van der Waals surface area contributed by atoms with Gasteiger partial charge in [0.25, 0.3) is 0 Å². The first-order chi connectivity index (χ1) is 15.9. The lowest BCUT2D eigenvalue weighted by atomic mass is 9.56. The first-order valence-corrected chi connectivity index (χ1v) is 13.3. The number of allylic oxidation sites excluding steroid dienone is 1. The predicted octanol–water partition coefficient (Wildman–Crippen LogP) is 0.753. The van der Waals surface area contributed by atoms with Crippen molar-refractivity contribution in [3.8, 4) is 5.75 Å². The molecular weight excluding hydrogens is 575 g/mol. The van der Waals surface area contributed by atoms with Gasteiger partial charge in [0.1, 0.15) is 17.4 Å². The van der Waals surface area contributed by atoms with Gasteiger partial charge in [-0.25, -0.2) is 0 Å². The number of fused-ring (bicyclic) bond motifs is 3. The minimum absolute atomic E-state index is 0.0645. The van der Waals surface area contributed by atoms with E-state index in [9.17, 15) is 34.8 Å². The van der Waals surface area contributed by atoms with Crippen LogP contribution in [0.3, 0.4) is 0 Å². The van der Waals surface area contributed by atoms with Crippen molar-refractivity contribution in [1.29, 1.82) is 0 Å². The number of aromatic hydroxyl groups is 1. The molecule has 9 nitrogen and oxygen atoms in total. The number of amides is 1. The van der Waals surface area contributed by atoms with Gasteiger partial charge in [-0.3, -0.25) is 14.4 Å². The standard InChI is InChI=1S/C23H27IN2O7S/c1-26(2)16-11-5-8-4-10-12(24)6-9(7-34-3)17(27)14(10)18(28)13(8)20(30)23(11,33)21(31)15(19(16)29)22(25)32/h6,8,11,15-16,19,27,29-30,33H,4-5,7H2,1-3H3,(H2,25,32)/t8-,11-,15?,16?,19?,23-/m0/s1. The van der Waals surface area contributed by atoms with Gasteiger partial charge in [-0.1, -0.05) is 0 Å². The molecule has 3 unspecified atom stereocenters. The molecule has 0 bridgehead atoms. The van der Waals surface area contributed by atoms with Crippen LogP contribution >= 0.6 is 34.4 Å². The number of carbonyl (C=O) groups excluding carboxylic acids is 3. The molecule has 3 aliphatic carbocycles. The zero-order valence-corrected chi connectivity index (χ0v) is 21.9. The maximum absolute atomic E-state index is 13.6. The third-order valence-corrected chi connectivity index (χ3v) is 8.98. The largest absolute Gasteiger partial charge is 0.508 e. The molecule has 0 spiro atoms. The van der Waals surface area contributed by atoms with Crippen LogP contribution < -0.4 is 5.73 Å². The van der Waals surface area contributed by atoms with Crippen molar-refractivity contribution in [2.75, 3.05) is 20.4 Å². The Bertz CT molecular complexity index is 1140. The highest BCUT2D eigenvalue weighted by Gasteiger charge is 2.66. The lowest BCUT2D eigenvalue weighted by Crippen LogP contribution is -2.71. The average Bonchev–Trinajstić information content (AvgIpc) is 2.74. The summed E-state index contributed by atoms with van der Waals surface area (Å²) in [7, 11) is 3.27. The van der Waals surface area contributed by atoms with Crippen LogP contribution in [0.25, 0.3) is 0 Å². The number of ketones is 2. The molecule has 1 amide bonds. The number of likely N-dealkylation sites (N-methyl/N-ethyl adjacent to an activating group) is 1. The van der Waals surface area contributed by atoms with E-state index in [1.807, 2.05) is 12.3 Å². The van der Waals surface area contributed by atoms with E-state index in [0.29, 0.717) is 23.3 Å². The van der Waals surface area contributed by atoms with Crippen LogP contribution in [0.1, 0.15) is 27.9 Å². The number of halogens is 1. The van der Waals surface area contributed by atoms with Gasteiger partial charge in [-0.2, -0.15) is 11.8 Å². The number of carbonyl (C=O) groups is 3. The smallest absolute Gasteiger partial charge is 0.230 e. The Labute approximate surface area is 214 Å². The summed E-state index contributed by atoms with van der Waals surface area (Å²) in [5.41, 5.74) is 3.99. The third kappa shape index (κ3) is 3.42. The number of aliphatic hydroxyl groups is 3. The Morgan fingerprint density at radius 1 is 1.32 bits per heavy atom. The van der Waals surface area contributed by atoms with Crippen LogP contribution in [-0.4, -0.2) is 80.9 Å². The highest BCUT2D eigenvalue weighted by Crippen LogP contribution is 2.53. The second kappa shape index (κ2) is 8.77. The Morgan fingerprint density at radius 3 is 2.53 bits per heavy atom. The second-order valence-electron chi connectivity index (χ2n) is 9.44. The highest BCUT2D eigenvalue weighted by atomic mass is 127. The van der Waals surface area contributed by atoms with Crippen LogP contribution in [0.5, 0.6) is 5.75 Å². The lowest BCUT2D eigenvalue weighted by Gasteiger charge is -2.53. The summed E-state index contributed by atoms with van der Waals surface area (Å²) in [5.74, 6) is -6.67. The molecule has 0 aliphatic heterocycles. The van der Waals surface area contributed by atoms with E-state index < -0.39 is 58.7 Å². The third-order valence-electron chi connectivity index (χ3n) is 7.42. The molecule has 0 heterocycles. The summed E-state index contributed by atoms with van der Waals surface area (Å²) in [5, 5.41) is 44.7. The number of hydrogen-bond donors (Lipinski definition) is 5. The minimum Gasteiger partial charge on any atom is -0.508 e. The van der Waals surface area contributed by atoms with E-state index in [1.54, 1.807) is 19.0 Å². The molecule has 3 aliphatic rings. The van der Waals surface area contributed by atoms with Gasteiger partial charge in [0.15, 0.2) is 17.2 Å². The lowest BCUT2D eigenvalue weighted by molar-refractivity contribution is -0.178. The van der Waals surface area contributed by atoms with E-state index in [1.165, 1.54) is 11.8 Å². The van der Waals surface area contributed by atoms with Crippen molar-refractivity contribution in [1.82, 2.24) is 4.90 Å². The van der Waals surface area contributed by atoms with Gasteiger partial charge in [0.05, 0.1) is 11.7 Å². The Morgan fingerprint density at radius 2 is 1.97 bits per heavy atom. The number of rotatable bonds is 4. The maximum Gasteiger partial charge on any atom is 0.230 e. The molecule has 1 saturated carbocycles. The SMILES string of the molecule is CSCc1cc(I)c2c(c1O)C(=O)C1=C(O)[C@]3(O)C(=O)C(C(N)=O)C(O)C(N(C)C)[C@@H]3C[C@@H]1C2. The summed E-state index contributed by atoms with van der Waals surface area (Å²) in [6, 6.07) is 0.956. The molecule has 4 rings (SSSR count). The number of phenolic OH excluding ortho intramolecular Hbond substituents is 1. The number of benzene rings is 1. The first kappa shape index (κ1) is 25.4. The molecule has 1 aromatic rings. The fourth-order valence-electron chi connectivity index (χ4n) is 5.95. The number of hydrogen-bond acceptors (Lipinski definition) is 9. The number of thioether (sulfide) groups is 1. The van der Waals surface area contributed by atoms with E-state index >= 15 is 0 Å². The van der Waals surface area contributed by atoms with Crippen molar-refractivity contribution >= 4 is 51.8 Å². The van der Waals surface area contributed by atoms with Crippen molar-refractivity contribution in [3.05, 3.63) is 37.7 Å². The average molecular weight is 602 g/mol. The fourth-order valence-corrected chi connectivity index (χ4v) is 7.34. The monoisotopic (exact) mass is 602 g/mol. The fraction of sp³-hybridized carbons (Fsp3) is 0.522. The molecule has 34 heavy (non-hydrogen) atoms. The normalized spacial score (nSPS) is 33.0. The van der Waals surface area contributed by atoms with Crippen molar-refractivity contribution < 1.29 is 34.8 Å². The molecule has 0 radical (unpaired) electrons. The maximum atomic E-state index is 13.6. The number of Topliss-reactive ketones (excluding diaryl/α,β-unsaturated/α-hetero) is 2. The van der Waals surface area contributed by atoms with Gasteiger partial charge >= 0.3 is 0 Å². The van der Waals surface area contributed by atoms with Crippen LogP contribution in [0.4, 0.5) is 0 Å². The van der Waals surface area contributed by atoms with E-state index in [4.69, 9.17) is 5.73 Å². The number of phenols is 1. The topological polar surface area (TPSA) is 161 Å². The number of nitrogens with two attached hydrogens (primary N) is 1. The quantitative estimate of drug-likeness (QED) is 0.248. The van der Waals surface area contributed by atoms with E-state index in [2.05, 4.69) is 22.6 Å². The summed E-state index contributed by atoms with van der Waals surface area (Å²) in [6.45, 7) is 0. The zero-order chi connectivity index (χ0) is 25.3. The molecule has 1 fully saturated rings. The second-order valence-corrected chi connectivity index (χ2v) is 11.5. The number of nitrogens with zero attached hydrogens (tertiary/aromatic N) is 1. The van der Waals surface area contributed by atoms with Gasteiger partial charge in [-0.05, 0) is 73.3 Å². The van der Waals surface area contributed by atoms with Crippen LogP contribution in [0.15, 0.2) is 17.4 Å². The zero-order valence-electron chi connectivity index (χ0n) is 18.9. The molecular formula is C23H27IN2O7S. The molecule has 0 aromatic heterocycles. The predicted molar refractivity (Wildman–Crippen MR) is 133 cm³/mol. The van der Waals surface area contributed by atoms with Gasteiger partial charge in [0.2, 0.25) is 5.91 Å². The molecule has 6 N–H and O–H groups in total. The first-order valence-electron chi connectivity index (χ1n) is 10.8. The summed E-state index contributed by atoms with van der Waals surface area (Å²) in [4.78, 5) is 40.6. The van der Waals surface area contributed by atoms with Gasteiger partial charge in [0, 0.05) is 32.4 Å². The summed E-state index contributed by atoms with van der Waals surface area (Å²) < 4.78 is 0.805. The van der Waals surface area contributed by atoms with Gasteiger partial charge < -0.3 is 31.1 Å². The Hall–Kier alpha value is -1.67. The summed E-state index contributed by atoms with van der Waals surface area (Å²) >= 11 is 3.60. The Balaban J connectivity index is 1.94.